The summed E-state index contributed by atoms with van der Waals surface area (Å²) in [5.41, 5.74) is -0.603. The van der Waals surface area contributed by atoms with E-state index in [4.69, 9.17) is 4.74 Å². The monoisotopic (exact) mass is 213 g/mol. The fourth-order valence-corrected chi connectivity index (χ4v) is 2.41. The molecule has 3 nitrogen and oxygen atoms in total. The molecule has 2 rings (SSSR count). The van der Waals surface area contributed by atoms with Gasteiger partial charge in [-0.15, -0.1) is 0 Å². The summed E-state index contributed by atoms with van der Waals surface area (Å²) in [5, 5.41) is 13.5. The molecule has 88 valence electrons. The molecule has 2 unspecified atom stereocenters. The number of hydrogen-bond acceptors (Lipinski definition) is 3. The van der Waals surface area contributed by atoms with E-state index in [1.54, 1.807) is 0 Å². The van der Waals surface area contributed by atoms with Crippen molar-refractivity contribution in [3.63, 3.8) is 0 Å². The summed E-state index contributed by atoms with van der Waals surface area (Å²) < 4.78 is 5.22. The smallest absolute Gasteiger partial charge is 0.102 e. The quantitative estimate of drug-likeness (QED) is 0.723. The van der Waals surface area contributed by atoms with Crippen LogP contribution in [0.4, 0.5) is 0 Å². The number of nitrogens with one attached hydrogen (secondary N) is 1. The van der Waals surface area contributed by atoms with Crippen molar-refractivity contribution in [2.45, 2.75) is 50.7 Å². The molecule has 15 heavy (non-hydrogen) atoms. The van der Waals surface area contributed by atoms with Crippen molar-refractivity contribution in [2.24, 2.45) is 5.92 Å². The van der Waals surface area contributed by atoms with Gasteiger partial charge in [0.2, 0.25) is 0 Å². The zero-order chi connectivity index (χ0) is 10.7. The molecule has 2 atom stereocenters. The number of ether oxygens (including phenoxy) is 1. The minimum Gasteiger partial charge on any atom is -0.386 e. The van der Waals surface area contributed by atoms with Gasteiger partial charge in [-0.1, -0.05) is 19.3 Å². The Bertz CT molecular complexity index is 198. The normalized spacial score (nSPS) is 34.0. The standard InChI is InChI=1S/C12H23NO2/c1-10(7-11-3-2-4-11)13-8-12(14)5-6-15-9-12/h10-11,13-14H,2-9H2,1H3. The van der Waals surface area contributed by atoms with Crippen LogP contribution in [0.15, 0.2) is 0 Å². The van der Waals surface area contributed by atoms with E-state index in [-0.39, 0.29) is 0 Å². The summed E-state index contributed by atoms with van der Waals surface area (Å²) in [5.74, 6) is 0.932. The molecule has 2 N–H and O–H groups in total. The average Bonchev–Trinajstić information content (AvgIpc) is 2.57. The molecule has 0 aromatic carbocycles. The van der Waals surface area contributed by atoms with E-state index < -0.39 is 5.60 Å². The van der Waals surface area contributed by atoms with Gasteiger partial charge in [-0.3, -0.25) is 0 Å². The molecule has 0 amide bonds. The molecule has 0 aromatic heterocycles. The van der Waals surface area contributed by atoms with Crippen LogP contribution < -0.4 is 5.32 Å². The summed E-state index contributed by atoms with van der Waals surface area (Å²) in [6, 6.07) is 0.528. The lowest BCUT2D eigenvalue weighted by Crippen LogP contribution is -2.44. The highest BCUT2D eigenvalue weighted by Gasteiger charge is 2.32. The van der Waals surface area contributed by atoms with Crippen molar-refractivity contribution in [1.82, 2.24) is 5.32 Å². The summed E-state index contributed by atoms with van der Waals surface area (Å²) in [6.07, 6.45) is 6.25. The molecule has 2 aliphatic rings. The van der Waals surface area contributed by atoms with Gasteiger partial charge < -0.3 is 15.2 Å². The zero-order valence-corrected chi connectivity index (χ0v) is 9.67. The van der Waals surface area contributed by atoms with E-state index >= 15 is 0 Å². The lowest BCUT2D eigenvalue weighted by Gasteiger charge is -2.30. The van der Waals surface area contributed by atoms with Crippen LogP contribution in [0.1, 0.15) is 39.0 Å². The Balaban J connectivity index is 1.63. The van der Waals surface area contributed by atoms with E-state index in [1.165, 1.54) is 25.7 Å². The Hall–Kier alpha value is -0.120. The van der Waals surface area contributed by atoms with Crippen LogP contribution in [0, 0.1) is 5.92 Å². The molecule has 1 heterocycles. The zero-order valence-electron chi connectivity index (χ0n) is 9.67. The lowest BCUT2D eigenvalue weighted by atomic mass is 9.81. The third-order valence-electron chi connectivity index (χ3n) is 3.77. The minimum atomic E-state index is -0.603. The maximum Gasteiger partial charge on any atom is 0.102 e. The maximum atomic E-state index is 10.1. The number of rotatable bonds is 5. The molecular formula is C12H23NO2. The van der Waals surface area contributed by atoms with Crippen LogP contribution in [-0.2, 0) is 4.74 Å². The highest BCUT2D eigenvalue weighted by molar-refractivity contribution is 4.86. The Morgan fingerprint density at radius 3 is 2.87 bits per heavy atom. The Labute approximate surface area is 92.2 Å². The van der Waals surface area contributed by atoms with Gasteiger partial charge in [0.15, 0.2) is 0 Å². The topological polar surface area (TPSA) is 41.5 Å². The molecule has 0 radical (unpaired) electrons. The van der Waals surface area contributed by atoms with Crippen molar-refractivity contribution >= 4 is 0 Å². The van der Waals surface area contributed by atoms with Crippen molar-refractivity contribution in [3.8, 4) is 0 Å². The van der Waals surface area contributed by atoms with Gasteiger partial charge in [-0.2, -0.15) is 0 Å². The summed E-state index contributed by atoms with van der Waals surface area (Å²) >= 11 is 0. The van der Waals surface area contributed by atoms with Crippen molar-refractivity contribution in [1.29, 1.82) is 0 Å². The highest BCUT2D eigenvalue weighted by atomic mass is 16.5. The van der Waals surface area contributed by atoms with E-state index in [2.05, 4.69) is 12.2 Å². The van der Waals surface area contributed by atoms with Crippen molar-refractivity contribution in [2.75, 3.05) is 19.8 Å². The van der Waals surface area contributed by atoms with Gasteiger partial charge >= 0.3 is 0 Å². The van der Waals surface area contributed by atoms with Crippen LogP contribution in [-0.4, -0.2) is 36.5 Å². The van der Waals surface area contributed by atoms with Crippen LogP contribution in [0.5, 0.6) is 0 Å². The predicted molar refractivity (Wildman–Crippen MR) is 59.8 cm³/mol. The van der Waals surface area contributed by atoms with Crippen molar-refractivity contribution in [3.05, 3.63) is 0 Å². The second-order valence-corrected chi connectivity index (χ2v) is 5.34. The maximum absolute atomic E-state index is 10.1. The first-order valence-electron chi connectivity index (χ1n) is 6.21. The van der Waals surface area contributed by atoms with Gasteiger partial charge in [0.05, 0.1) is 6.61 Å². The third-order valence-corrected chi connectivity index (χ3v) is 3.77. The molecule has 1 aliphatic carbocycles. The SMILES string of the molecule is CC(CC1CCC1)NCC1(O)CCOC1. The lowest BCUT2D eigenvalue weighted by molar-refractivity contribution is 0.0242. The first-order chi connectivity index (χ1) is 7.18. The molecule has 0 spiro atoms. The van der Waals surface area contributed by atoms with Crippen LogP contribution in [0.2, 0.25) is 0 Å². The average molecular weight is 213 g/mol. The van der Waals surface area contributed by atoms with Crippen LogP contribution in [0.25, 0.3) is 0 Å². The number of aliphatic hydroxyl groups is 1. The molecule has 3 heteroatoms. The fraction of sp³-hybridized carbons (Fsp3) is 1.00. The van der Waals surface area contributed by atoms with Gasteiger partial charge in [-0.05, 0) is 19.3 Å². The van der Waals surface area contributed by atoms with Crippen LogP contribution >= 0.6 is 0 Å². The summed E-state index contributed by atoms with van der Waals surface area (Å²) in [6.45, 7) is 4.10. The van der Waals surface area contributed by atoms with E-state index in [0.29, 0.717) is 25.8 Å². The van der Waals surface area contributed by atoms with E-state index in [0.717, 1.165) is 12.3 Å². The molecule has 0 bridgehead atoms. The molecule has 1 aliphatic heterocycles. The van der Waals surface area contributed by atoms with Gasteiger partial charge in [0.1, 0.15) is 5.60 Å². The molecule has 1 saturated carbocycles. The van der Waals surface area contributed by atoms with Crippen LogP contribution in [0.3, 0.4) is 0 Å². The first kappa shape index (κ1) is 11.4. The second kappa shape index (κ2) is 4.81. The molecule has 1 saturated heterocycles. The molecule has 2 fully saturated rings. The predicted octanol–water partition coefficient (Wildman–Crippen LogP) is 1.31. The van der Waals surface area contributed by atoms with Gasteiger partial charge in [0, 0.05) is 25.6 Å². The largest absolute Gasteiger partial charge is 0.386 e. The fourth-order valence-electron chi connectivity index (χ4n) is 2.41. The summed E-state index contributed by atoms with van der Waals surface area (Å²) in [7, 11) is 0. The van der Waals surface area contributed by atoms with Crippen molar-refractivity contribution < 1.29 is 9.84 Å². The highest BCUT2D eigenvalue weighted by Crippen LogP contribution is 2.30. The second-order valence-electron chi connectivity index (χ2n) is 5.34. The Kier molecular flexibility index (Phi) is 3.65. The minimum absolute atomic E-state index is 0.496. The Morgan fingerprint density at radius 1 is 1.53 bits per heavy atom. The van der Waals surface area contributed by atoms with Gasteiger partial charge in [-0.25, -0.2) is 0 Å². The third kappa shape index (κ3) is 3.16. The first-order valence-corrected chi connectivity index (χ1v) is 6.21. The Morgan fingerprint density at radius 2 is 2.33 bits per heavy atom. The van der Waals surface area contributed by atoms with E-state index in [1.807, 2.05) is 0 Å². The molecule has 0 aromatic rings. The summed E-state index contributed by atoms with van der Waals surface area (Å²) in [4.78, 5) is 0. The van der Waals surface area contributed by atoms with Gasteiger partial charge in [0.25, 0.3) is 0 Å². The molecular weight excluding hydrogens is 190 g/mol. The van der Waals surface area contributed by atoms with E-state index in [9.17, 15) is 5.11 Å². The number of hydrogen-bond donors (Lipinski definition) is 2.